The van der Waals surface area contributed by atoms with E-state index in [-0.39, 0.29) is 0 Å². The van der Waals surface area contributed by atoms with Crippen molar-refractivity contribution in [3.8, 4) is 0 Å². The van der Waals surface area contributed by atoms with Crippen molar-refractivity contribution in [3.63, 3.8) is 0 Å². The Morgan fingerprint density at radius 3 is 2.78 bits per heavy atom. The molecule has 0 aromatic heterocycles. The molecule has 18 heavy (non-hydrogen) atoms. The molecule has 2 unspecified atom stereocenters. The number of hydrogen-bond acceptors (Lipinski definition) is 1. The average Bonchev–Trinajstić information content (AvgIpc) is 3.05. The molecule has 1 N–H and O–H groups in total. The topological polar surface area (TPSA) is 12.0 Å². The number of benzene rings is 1. The van der Waals surface area contributed by atoms with E-state index in [0.717, 1.165) is 18.4 Å². The molecular formula is C14H18F3N. The maximum atomic E-state index is 12.5. The summed E-state index contributed by atoms with van der Waals surface area (Å²) in [6, 6.07) is 6.04. The summed E-state index contributed by atoms with van der Waals surface area (Å²) in [7, 11) is 0. The van der Waals surface area contributed by atoms with Crippen LogP contribution in [0.15, 0.2) is 24.3 Å². The van der Waals surface area contributed by atoms with Crippen molar-refractivity contribution in [2.75, 3.05) is 0 Å². The van der Waals surface area contributed by atoms with Gasteiger partial charge in [0.1, 0.15) is 0 Å². The van der Waals surface area contributed by atoms with Crippen LogP contribution in [0.4, 0.5) is 13.2 Å². The van der Waals surface area contributed by atoms with Crippen LogP contribution in [-0.4, -0.2) is 6.04 Å². The van der Waals surface area contributed by atoms with E-state index in [1.807, 2.05) is 0 Å². The molecule has 0 amide bonds. The fraction of sp³-hybridized carbons (Fsp3) is 0.571. The summed E-state index contributed by atoms with van der Waals surface area (Å²) in [4.78, 5) is 0. The predicted octanol–water partition coefficient (Wildman–Crippen LogP) is 3.98. The third kappa shape index (κ3) is 3.48. The normalized spacial score (nSPS) is 23.1. The number of hydrogen-bond donors (Lipinski definition) is 1. The van der Waals surface area contributed by atoms with Gasteiger partial charge in [0.05, 0.1) is 5.56 Å². The molecule has 0 saturated heterocycles. The van der Waals surface area contributed by atoms with Crippen LogP contribution < -0.4 is 5.32 Å². The van der Waals surface area contributed by atoms with Gasteiger partial charge in [-0.15, -0.1) is 0 Å². The number of halogens is 3. The first kappa shape index (κ1) is 13.4. The van der Waals surface area contributed by atoms with Gasteiger partial charge in [0.2, 0.25) is 0 Å². The Bertz CT molecular complexity index is 400. The molecule has 1 fully saturated rings. The van der Waals surface area contributed by atoms with E-state index >= 15 is 0 Å². The average molecular weight is 257 g/mol. The highest BCUT2D eigenvalue weighted by atomic mass is 19.4. The lowest BCUT2D eigenvalue weighted by Gasteiger charge is -2.09. The summed E-state index contributed by atoms with van der Waals surface area (Å²) in [5.41, 5.74) is 0.134. The van der Waals surface area contributed by atoms with Crippen molar-refractivity contribution in [2.45, 2.75) is 44.9 Å². The van der Waals surface area contributed by atoms with Crippen LogP contribution in [0.25, 0.3) is 0 Å². The summed E-state index contributed by atoms with van der Waals surface area (Å²) in [6.45, 7) is 2.68. The van der Waals surface area contributed by atoms with Crippen LogP contribution in [0.3, 0.4) is 0 Å². The summed E-state index contributed by atoms with van der Waals surface area (Å²) in [5, 5.41) is 3.32. The Balaban J connectivity index is 1.87. The molecule has 1 aliphatic carbocycles. The molecule has 0 heterocycles. The summed E-state index contributed by atoms with van der Waals surface area (Å²) >= 11 is 0. The highest BCUT2D eigenvalue weighted by Gasteiger charge is 2.35. The van der Waals surface area contributed by atoms with Crippen LogP contribution in [0.1, 0.15) is 37.3 Å². The molecule has 1 aliphatic rings. The molecular weight excluding hydrogens is 239 g/mol. The molecule has 1 saturated carbocycles. The van der Waals surface area contributed by atoms with Gasteiger partial charge in [0.25, 0.3) is 0 Å². The van der Waals surface area contributed by atoms with Crippen LogP contribution >= 0.6 is 0 Å². The highest BCUT2D eigenvalue weighted by molar-refractivity contribution is 5.25. The molecule has 0 radical (unpaired) electrons. The maximum Gasteiger partial charge on any atom is 0.416 e. The molecule has 0 aliphatic heterocycles. The van der Waals surface area contributed by atoms with Gasteiger partial charge in [0.15, 0.2) is 0 Å². The van der Waals surface area contributed by atoms with Gasteiger partial charge in [0, 0.05) is 12.6 Å². The lowest BCUT2D eigenvalue weighted by Crippen LogP contribution is -2.18. The van der Waals surface area contributed by atoms with E-state index < -0.39 is 11.7 Å². The first-order valence-corrected chi connectivity index (χ1v) is 6.40. The van der Waals surface area contributed by atoms with Crippen LogP contribution in [0.2, 0.25) is 0 Å². The van der Waals surface area contributed by atoms with Gasteiger partial charge in [-0.2, -0.15) is 13.2 Å². The molecule has 1 nitrogen and oxygen atoms in total. The van der Waals surface area contributed by atoms with Gasteiger partial charge in [-0.05, 0) is 30.4 Å². The SMILES string of the molecule is CCCC1CC1NCc1cccc(C(F)(F)F)c1. The van der Waals surface area contributed by atoms with Crippen molar-refractivity contribution >= 4 is 0 Å². The van der Waals surface area contributed by atoms with E-state index in [1.54, 1.807) is 6.07 Å². The molecule has 2 atom stereocenters. The third-order valence-corrected chi connectivity index (χ3v) is 3.40. The van der Waals surface area contributed by atoms with Crippen molar-refractivity contribution in [1.82, 2.24) is 5.32 Å². The smallest absolute Gasteiger partial charge is 0.310 e. The second kappa shape index (κ2) is 5.31. The van der Waals surface area contributed by atoms with E-state index in [0.29, 0.717) is 18.2 Å². The van der Waals surface area contributed by atoms with Crippen LogP contribution in [0.5, 0.6) is 0 Å². The molecule has 0 bridgehead atoms. The van der Waals surface area contributed by atoms with E-state index in [4.69, 9.17) is 0 Å². The van der Waals surface area contributed by atoms with Gasteiger partial charge in [-0.25, -0.2) is 0 Å². The molecule has 0 spiro atoms. The Labute approximate surface area is 105 Å². The van der Waals surface area contributed by atoms with Crippen LogP contribution in [-0.2, 0) is 12.7 Å². The Morgan fingerprint density at radius 2 is 2.11 bits per heavy atom. The zero-order valence-electron chi connectivity index (χ0n) is 10.4. The van der Waals surface area contributed by atoms with Crippen molar-refractivity contribution in [1.29, 1.82) is 0 Å². The van der Waals surface area contributed by atoms with E-state index in [2.05, 4.69) is 12.2 Å². The molecule has 4 heteroatoms. The van der Waals surface area contributed by atoms with Gasteiger partial charge in [-0.3, -0.25) is 0 Å². The fourth-order valence-corrected chi connectivity index (χ4v) is 2.29. The van der Waals surface area contributed by atoms with Gasteiger partial charge in [-0.1, -0.05) is 31.5 Å². The van der Waals surface area contributed by atoms with Crippen LogP contribution in [0, 0.1) is 5.92 Å². The third-order valence-electron chi connectivity index (χ3n) is 3.40. The second-order valence-corrected chi connectivity index (χ2v) is 4.97. The maximum absolute atomic E-state index is 12.5. The quantitative estimate of drug-likeness (QED) is 0.841. The van der Waals surface area contributed by atoms with E-state index in [1.165, 1.54) is 25.0 Å². The minimum absolute atomic E-state index is 0.500. The zero-order chi connectivity index (χ0) is 13.2. The van der Waals surface area contributed by atoms with Crippen molar-refractivity contribution < 1.29 is 13.2 Å². The van der Waals surface area contributed by atoms with Crippen molar-refractivity contribution in [3.05, 3.63) is 35.4 Å². The Kier molecular flexibility index (Phi) is 3.95. The Morgan fingerprint density at radius 1 is 1.33 bits per heavy atom. The molecule has 100 valence electrons. The number of nitrogens with one attached hydrogen (secondary N) is 1. The second-order valence-electron chi connectivity index (χ2n) is 4.97. The number of rotatable bonds is 5. The lowest BCUT2D eigenvalue weighted by atomic mass is 10.1. The van der Waals surface area contributed by atoms with E-state index in [9.17, 15) is 13.2 Å². The predicted molar refractivity (Wildman–Crippen MR) is 65.1 cm³/mol. The van der Waals surface area contributed by atoms with Gasteiger partial charge < -0.3 is 5.32 Å². The summed E-state index contributed by atoms with van der Waals surface area (Å²) in [6.07, 6.45) is -0.709. The minimum Gasteiger partial charge on any atom is -0.310 e. The minimum atomic E-state index is -4.25. The van der Waals surface area contributed by atoms with Gasteiger partial charge >= 0.3 is 6.18 Å². The standard InChI is InChI=1S/C14H18F3N/c1-2-4-11-8-13(11)18-9-10-5-3-6-12(7-10)14(15,16)17/h3,5-7,11,13,18H,2,4,8-9H2,1H3. The monoisotopic (exact) mass is 257 g/mol. The summed E-state index contributed by atoms with van der Waals surface area (Å²) < 4.78 is 37.6. The fourth-order valence-electron chi connectivity index (χ4n) is 2.29. The number of alkyl halides is 3. The molecule has 1 aromatic rings. The van der Waals surface area contributed by atoms with Crippen molar-refractivity contribution in [2.24, 2.45) is 5.92 Å². The largest absolute Gasteiger partial charge is 0.416 e. The lowest BCUT2D eigenvalue weighted by molar-refractivity contribution is -0.137. The first-order chi connectivity index (χ1) is 8.50. The zero-order valence-corrected chi connectivity index (χ0v) is 10.4. The first-order valence-electron chi connectivity index (χ1n) is 6.40. The Hall–Kier alpha value is -1.03. The molecule has 2 rings (SSSR count). The molecule has 1 aromatic carbocycles. The summed E-state index contributed by atoms with van der Waals surface area (Å²) in [5.74, 6) is 0.723. The highest BCUT2D eigenvalue weighted by Crippen LogP contribution is 2.35.